The Hall–Kier alpha value is -0.300. The maximum absolute atomic E-state index is 5.67. The van der Waals surface area contributed by atoms with E-state index in [4.69, 9.17) is 11.6 Å². The molecule has 0 aromatic heterocycles. The van der Waals surface area contributed by atoms with Crippen molar-refractivity contribution in [3.63, 3.8) is 0 Å². The zero-order valence-electron chi connectivity index (χ0n) is 7.90. The highest BCUT2D eigenvalue weighted by molar-refractivity contribution is 6.64. The average molecular weight is 174 g/mol. The molecule has 0 aliphatic rings. The molecule has 64 valence electrons. The lowest BCUT2D eigenvalue weighted by Crippen LogP contribution is -2.07. The number of aliphatic imine (C=N–C) groups is 1. The standard InChI is InChI=1S/C9H16ClN/c1-6-8(9(3,4)5)11-7(2)10/h6H,1-5H3/b8-6-,11-7+. The van der Waals surface area contributed by atoms with Gasteiger partial charge < -0.3 is 0 Å². The van der Waals surface area contributed by atoms with Crippen molar-refractivity contribution in [1.29, 1.82) is 0 Å². The molecule has 0 aliphatic heterocycles. The van der Waals surface area contributed by atoms with Crippen LogP contribution in [0.2, 0.25) is 0 Å². The minimum absolute atomic E-state index is 0.0882. The summed E-state index contributed by atoms with van der Waals surface area (Å²) in [6.45, 7) is 10.1. The van der Waals surface area contributed by atoms with E-state index >= 15 is 0 Å². The fourth-order valence-electron chi connectivity index (χ4n) is 0.831. The molecule has 0 bridgehead atoms. The average Bonchev–Trinajstić information content (AvgIpc) is 1.79. The quantitative estimate of drug-likeness (QED) is 0.538. The first-order chi connectivity index (χ1) is 4.88. The normalized spacial score (nSPS) is 15.5. The molecule has 0 spiro atoms. The zero-order chi connectivity index (χ0) is 9.07. The van der Waals surface area contributed by atoms with E-state index in [2.05, 4.69) is 25.8 Å². The van der Waals surface area contributed by atoms with Crippen molar-refractivity contribution in [3.05, 3.63) is 11.8 Å². The van der Waals surface area contributed by atoms with E-state index < -0.39 is 0 Å². The first-order valence-corrected chi connectivity index (χ1v) is 4.13. The summed E-state index contributed by atoms with van der Waals surface area (Å²) in [6, 6.07) is 0. The van der Waals surface area contributed by atoms with Gasteiger partial charge in [-0.15, -0.1) is 0 Å². The molecule has 2 heteroatoms. The molecule has 0 rings (SSSR count). The van der Waals surface area contributed by atoms with Crippen LogP contribution < -0.4 is 0 Å². The molecule has 0 saturated heterocycles. The molecular formula is C9H16ClN. The number of hydrogen-bond donors (Lipinski definition) is 0. The van der Waals surface area contributed by atoms with Gasteiger partial charge in [-0.1, -0.05) is 38.4 Å². The lowest BCUT2D eigenvalue weighted by atomic mass is 9.92. The van der Waals surface area contributed by atoms with Crippen molar-refractivity contribution < 1.29 is 0 Å². The van der Waals surface area contributed by atoms with E-state index in [-0.39, 0.29) is 5.41 Å². The fraction of sp³-hybridized carbons (Fsp3) is 0.667. The van der Waals surface area contributed by atoms with Gasteiger partial charge in [-0.05, 0) is 13.8 Å². The summed E-state index contributed by atoms with van der Waals surface area (Å²) in [5.41, 5.74) is 1.12. The molecule has 0 atom stereocenters. The first-order valence-electron chi connectivity index (χ1n) is 3.75. The highest BCUT2D eigenvalue weighted by atomic mass is 35.5. The molecule has 1 nitrogen and oxygen atoms in total. The van der Waals surface area contributed by atoms with Gasteiger partial charge in [0, 0.05) is 11.1 Å². The number of hydrogen-bond acceptors (Lipinski definition) is 1. The Morgan fingerprint density at radius 2 is 1.82 bits per heavy atom. The van der Waals surface area contributed by atoms with Crippen LogP contribution in [0.5, 0.6) is 0 Å². The lowest BCUT2D eigenvalue weighted by Gasteiger charge is -2.18. The molecule has 0 N–H and O–H groups in total. The Morgan fingerprint density at radius 3 is 1.91 bits per heavy atom. The van der Waals surface area contributed by atoms with Crippen LogP contribution in [0.1, 0.15) is 34.6 Å². The van der Waals surface area contributed by atoms with Crippen LogP contribution in [0.3, 0.4) is 0 Å². The third-order valence-electron chi connectivity index (χ3n) is 1.32. The molecule has 0 amide bonds. The number of allylic oxidation sites excluding steroid dienone is 2. The SMILES string of the molecule is C/C=C(\N=C(/C)Cl)C(C)(C)C. The van der Waals surface area contributed by atoms with E-state index in [1.54, 1.807) is 6.92 Å². The van der Waals surface area contributed by atoms with E-state index in [0.29, 0.717) is 5.17 Å². The third kappa shape index (κ3) is 4.20. The molecule has 0 fully saturated rings. The molecule has 0 aromatic rings. The Morgan fingerprint density at radius 1 is 1.36 bits per heavy atom. The largest absolute Gasteiger partial charge is 0.246 e. The Bertz CT molecular complexity index is 180. The van der Waals surface area contributed by atoms with Gasteiger partial charge in [-0.25, -0.2) is 4.99 Å². The maximum atomic E-state index is 5.67. The zero-order valence-corrected chi connectivity index (χ0v) is 8.66. The van der Waals surface area contributed by atoms with Crippen LogP contribution in [-0.2, 0) is 0 Å². The van der Waals surface area contributed by atoms with Crippen molar-refractivity contribution in [2.24, 2.45) is 10.4 Å². The topological polar surface area (TPSA) is 12.4 Å². The van der Waals surface area contributed by atoms with Crippen LogP contribution in [0, 0.1) is 5.41 Å². The van der Waals surface area contributed by atoms with E-state index in [0.717, 1.165) is 5.70 Å². The van der Waals surface area contributed by atoms with Gasteiger partial charge >= 0.3 is 0 Å². The van der Waals surface area contributed by atoms with Crippen LogP contribution in [-0.4, -0.2) is 5.17 Å². The minimum Gasteiger partial charge on any atom is -0.246 e. The van der Waals surface area contributed by atoms with Gasteiger partial charge in [-0.2, -0.15) is 0 Å². The predicted octanol–water partition coefficient (Wildman–Crippen LogP) is 3.59. The van der Waals surface area contributed by atoms with Crippen molar-refractivity contribution in [3.8, 4) is 0 Å². The number of rotatable bonds is 1. The van der Waals surface area contributed by atoms with Crippen molar-refractivity contribution in [1.82, 2.24) is 0 Å². The Labute approximate surface area is 74.2 Å². The molecule has 11 heavy (non-hydrogen) atoms. The van der Waals surface area contributed by atoms with Crippen LogP contribution in [0.4, 0.5) is 0 Å². The second kappa shape index (κ2) is 3.91. The van der Waals surface area contributed by atoms with Crippen molar-refractivity contribution >= 4 is 16.8 Å². The van der Waals surface area contributed by atoms with Gasteiger partial charge in [0.2, 0.25) is 0 Å². The van der Waals surface area contributed by atoms with Crippen LogP contribution in [0.15, 0.2) is 16.8 Å². The molecule has 0 heterocycles. The third-order valence-corrected chi connectivity index (χ3v) is 1.40. The van der Waals surface area contributed by atoms with Gasteiger partial charge in [0.1, 0.15) is 5.17 Å². The smallest absolute Gasteiger partial charge is 0.103 e. The summed E-state index contributed by atoms with van der Waals surface area (Å²) >= 11 is 5.67. The predicted molar refractivity (Wildman–Crippen MR) is 52.2 cm³/mol. The second-order valence-electron chi connectivity index (χ2n) is 3.53. The first kappa shape index (κ1) is 10.7. The summed E-state index contributed by atoms with van der Waals surface area (Å²) in [4.78, 5) is 4.21. The van der Waals surface area contributed by atoms with E-state index in [9.17, 15) is 0 Å². The van der Waals surface area contributed by atoms with Crippen molar-refractivity contribution in [2.45, 2.75) is 34.6 Å². The monoisotopic (exact) mass is 173 g/mol. The maximum Gasteiger partial charge on any atom is 0.103 e. The molecular weight excluding hydrogens is 158 g/mol. The molecule has 0 unspecified atom stereocenters. The molecule has 0 saturated carbocycles. The van der Waals surface area contributed by atoms with E-state index in [1.165, 1.54) is 0 Å². The van der Waals surface area contributed by atoms with Gasteiger partial charge in [0.05, 0.1) is 0 Å². The van der Waals surface area contributed by atoms with Gasteiger partial charge in [-0.3, -0.25) is 0 Å². The summed E-state index contributed by atoms with van der Waals surface area (Å²) in [5.74, 6) is 0. The van der Waals surface area contributed by atoms with Crippen LogP contribution >= 0.6 is 11.6 Å². The molecule has 0 aromatic carbocycles. The van der Waals surface area contributed by atoms with E-state index in [1.807, 2.05) is 13.0 Å². The Kier molecular flexibility index (Phi) is 3.81. The summed E-state index contributed by atoms with van der Waals surface area (Å²) in [5, 5.41) is 0.591. The number of nitrogens with zero attached hydrogens (tertiary/aromatic N) is 1. The minimum atomic E-state index is 0.0882. The molecule has 0 aliphatic carbocycles. The van der Waals surface area contributed by atoms with Crippen molar-refractivity contribution in [2.75, 3.05) is 0 Å². The number of halogens is 1. The molecule has 0 radical (unpaired) electrons. The lowest BCUT2D eigenvalue weighted by molar-refractivity contribution is 0.498. The summed E-state index contributed by atoms with van der Waals surface area (Å²) < 4.78 is 0. The highest BCUT2D eigenvalue weighted by Gasteiger charge is 2.15. The van der Waals surface area contributed by atoms with Gasteiger partial charge in [0.25, 0.3) is 0 Å². The van der Waals surface area contributed by atoms with Gasteiger partial charge in [0.15, 0.2) is 0 Å². The summed E-state index contributed by atoms with van der Waals surface area (Å²) in [6.07, 6.45) is 1.99. The fourth-order valence-corrected chi connectivity index (χ4v) is 0.922. The second-order valence-corrected chi connectivity index (χ2v) is 4.08. The van der Waals surface area contributed by atoms with Crippen LogP contribution in [0.25, 0.3) is 0 Å². The highest BCUT2D eigenvalue weighted by Crippen LogP contribution is 2.26. The summed E-state index contributed by atoms with van der Waals surface area (Å²) in [7, 11) is 0. The Balaban J connectivity index is 4.60.